The molecule has 0 aliphatic carbocycles. The fourth-order valence-electron chi connectivity index (χ4n) is 2.98. The largest absolute Gasteiger partial charge is 0.496 e. The van der Waals surface area contributed by atoms with Crippen molar-refractivity contribution in [3.63, 3.8) is 0 Å². The number of hydrogen-bond donors (Lipinski definition) is 1. The second-order valence-electron chi connectivity index (χ2n) is 6.34. The van der Waals surface area contributed by atoms with Gasteiger partial charge in [-0.25, -0.2) is 4.68 Å². The van der Waals surface area contributed by atoms with Gasteiger partial charge in [0.1, 0.15) is 17.1 Å². The second kappa shape index (κ2) is 7.53. The lowest BCUT2D eigenvalue weighted by Gasteiger charge is -2.13. The van der Waals surface area contributed by atoms with E-state index in [1.165, 1.54) is 14.2 Å². The number of aromatic nitrogens is 2. The maximum absolute atomic E-state index is 12.9. The summed E-state index contributed by atoms with van der Waals surface area (Å²) in [7, 11) is 3.05. The van der Waals surface area contributed by atoms with Crippen LogP contribution in [0.15, 0.2) is 42.6 Å². The van der Waals surface area contributed by atoms with E-state index in [0.29, 0.717) is 22.7 Å². The van der Waals surface area contributed by atoms with Crippen LogP contribution in [0.2, 0.25) is 0 Å². The average Bonchev–Trinajstić information content (AvgIpc) is 3.03. The summed E-state index contributed by atoms with van der Waals surface area (Å²) in [6, 6.07) is 11.4. The number of methoxy groups -OCH3 is 2. The lowest BCUT2D eigenvalue weighted by atomic mass is 10.1. The van der Waals surface area contributed by atoms with Crippen LogP contribution in [0.25, 0.3) is 5.69 Å². The summed E-state index contributed by atoms with van der Waals surface area (Å²) in [5.74, 6) is 0.589. The van der Waals surface area contributed by atoms with Crippen LogP contribution in [-0.4, -0.2) is 29.9 Å². The van der Waals surface area contributed by atoms with E-state index >= 15 is 0 Å². The molecule has 0 aliphatic rings. The molecule has 3 aromatic rings. The van der Waals surface area contributed by atoms with Crippen LogP contribution in [0, 0.1) is 20.8 Å². The zero-order valence-electron chi connectivity index (χ0n) is 16.2. The third kappa shape index (κ3) is 3.51. The summed E-state index contributed by atoms with van der Waals surface area (Å²) in [5, 5.41) is 7.38. The summed E-state index contributed by atoms with van der Waals surface area (Å²) in [4.78, 5) is 12.9. The molecule has 0 bridgehead atoms. The lowest BCUT2D eigenvalue weighted by Crippen LogP contribution is -2.15. The highest BCUT2D eigenvalue weighted by molar-refractivity contribution is 6.08. The molecule has 1 heterocycles. The fourth-order valence-corrected chi connectivity index (χ4v) is 2.98. The summed E-state index contributed by atoms with van der Waals surface area (Å²) in [6.07, 6.45) is 1.65. The minimum Gasteiger partial charge on any atom is -0.496 e. The minimum atomic E-state index is -0.312. The van der Waals surface area contributed by atoms with E-state index in [4.69, 9.17) is 9.47 Å². The van der Waals surface area contributed by atoms with Gasteiger partial charge >= 0.3 is 0 Å². The molecule has 0 saturated carbocycles. The number of amides is 1. The first-order valence-corrected chi connectivity index (χ1v) is 8.61. The maximum Gasteiger partial charge on any atom is 0.263 e. The molecule has 27 heavy (non-hydrogen) atoms. The van der Waals surface area contributed by atoms with Crippen molar-refractivity contribution in [1.29, 1.82) is 0 Å². The first-order chi connectivity index (χ1) is 13.0. The summed E-state index contributed by atoms with van der Waals surface area (Å²) >= 11 is 0. The first kappa shape index (κ1) is 18.5. The Morgan fingerprint density at radius 3 is 2.33 bits per heavy atom. The van der Waals surface area contributed by atoms with Crippen LogP contribution < -0.4 is 14.8 Å². The molecule has 6 nitrogen and oxygen atoms in total. The van der Waals surface area contributed by atoms with Gasteiger partial charge in [-0.15, -0.1) is 0 Å². The number of carbonyl (C=O) groups is 1. The zero-order valence-corrected chi connectivity index (χ0v) is 16.2. The highest BCUT2D eigenvalue weighted by Crippen LogP contribution is 2.30. The number of hydrogen-bond acceptors (Lipinski definition) is 4. The molecule has 0 fully saturated rings. The Morgan fingerprint density at radius 2 is 1.70 bits per heavy atom. The van der Waals surface area contributed by atoms with Crippen molar-refractivity contribution in [3.05, 3.63) is 65.0 Å². The highest BCUT2D eigenvalue weighted by atomic mass is 16.5. The van der Waals surface area contributed by atoms with Crippen LogP contribution in [0.4, 0.5) is 5.69 Å². The van der Waals surface area contributed by atoms with E-state index < -0.39 is 0 Å². The van der Waals surface area contributed by atoms with E-state index in [1.54, 1.807) is 24.4 Å². The van der Waals surface area contributed by atoms with Crippen LogP contribution >= 0.6 is 0 Å². The number of rotatable bonds is 5. The van der Waals surface area contributed by atoms with E-state index in [-0.39, 0.29) is 5.91 Å². The van der Waals surface area contributed by atoms with Crippen LogP contribution in [-0.2, 0) is 0 Å². The van der Waals surface area contributed by atoms with Gasteiger partial charge in [0.25, 0.3) is 5.91 Å². The van der Waals surface area contributed by atoms with Gasteiger partial charge in [-0.05, 0) is 50.1 Å². The molecule has 0 saturated heterocycles. The quantitative estimate of drug-likeness (QED) is 0.740. The SMILES string of the molecule is COc1cccc(OC)c1C(=O)Nc1cnn(-c2cc(C)ccc2C)c1C. The van der Waals surface area contributed by atoms with Crippen molar-refractivity contribution in [2.75, 3.05) is 19.5 Å². The van der Waals surface area contributed by atoms with E-state index in [0.717, 1.165) is 22.5 Å². The molecule has 0 radical (unpaired) electrons. The summed E-state index contributed by atoms with van der Waals surface area (Å²) in [6.45, 7) is 6.00. The highest BCUT2D eigenvalue weighted by Gasteiger charge is 2.20. The number of nitrogens with one attached hydrogen (secondary N) is 1. The van der Waals surface area contributed by atoms with E-state index in [1.807, 2.05) is 25.5 Å². The van der Waals surface area contributed by atoms with Gasteiger partial charge < -0.3 is 14.8 Å². The lowest BCUT2D eigenvalue weighted by molar-refractivity contribution is 0.102. The van der Waals surface area contributed by atoms with Crippen LogP contribution in [0.3, 0.4) is 0 Å². The number of nitrogens with zero attached hydrogens (tertiary/aromatic N) is 2. The van der Waals surface area contributed by atoms with Crippen molar-refractivity contribution < 1.29 is 14.3 Å². The number of aryl methyl sites for hydroxylation is 2. The van der Waals surface area contributed by atoms with Gasteiger partial charge in [-0.1, -0.05) is 18.2 Å². The van der Waals surface area contributed by atoms with Crippen molar-refractivity contribution in [3.8, 4) is 17.2 Å². The normalized spacial score (nSPS) is 10.6. The third-order valence-corrected chi connectivity index (χ3v) is 4.51. The molecular weight excluding hydrogens is 342 g/mol. The van der Waals surface area contributed by atoms with E-state index in [2.05, 4.69) is 28.6 Å². The second-order valence-corrected chi connectivity index (χ2v) is 6.34. The molecule has 1 amide bonds. The van der Waals surface area contributed by atoms with Gasteiger partial charge in [-0.3, -0.25) is 4.79 Å². The number of benzene rings is 2. The maximum atomic E-state index is 12.9. The van der Waals surface area contributed by atoms with Crippen molar-refractivity contribution in [2.45, 2.75) is 20.8 Å². The molecular formula is C21H23N3O3. The van der Waals surface area contributed by atoms with Crippen molar-refractivity contribution >= 4 is 11.6 Å². The Labute approximate surface area is 158 Å². The molecule has 0 spiro atoms. The predicted molar refractivity (Wildman–Crippen MR) is 105 cm³/mol. The number of anilines is 1. The van der Waals surface area contributed by atoms with Gasteiger partial charge in [0.05, 0.1) is 37.5 Å². The minimum absolute atomic E-state index is 0.312. The molecule has 0 atom stereocenters. The molecule has 0 unspecified atom stereocenters. The third-order valence-electron chi connectivity index (χ3n) is 4.51. The zero-order chi connectivity index (χ0) is 19.6. The Kier molecular flexibility index (Phi) is 5.16. The van der Waals surface area contributed by atoms with Gasteiger partial charge in [0, 0.05) is 0 Å². The molecule has 140 valence electrons. The van der Waals surface area contributed by atoms with Crippen LogP contribution in [0.5, 0.6) is 11.5 Å². The molecule has 3 rings (SSSR count). The Hall–Kier alpha value is -3.28. The van der Waals surface area contributed by atoms with Crippen LogP contribution in [0.1, 0.15) is 27.2 Å². The first-order valence-electron chi connectivity index (χ1n) is 8.61. The van der Waals surface area contributed by atoms with Gasteiger partial charge in [0.2, 0.25) is 0 Å². The predicted octanol–water partition coefficient (Wildman–Crippen LogP) is 4.07. The molecule has 1 aromatic heterocycles. The molecule has 6 heteroatoms. The van der Waals surface area contributed by atoms with Crippen molar-refractivity contribution in [2.24, 2.45) is 0 Å². The van der Waals surface area contributed by atoms with Crippen molar-refractivity contribution in [1.82, 2.24) is 9.78 Å². The van der Waals surface area contributed by atoms with E-state index in [9.17, 15) is 4.79 Å². The monoisotopic (exact) mass is 365 g/mol. The Bertz CT molecular complexity index is 970. The Balaban J connectivity index is 1.96. The fraction of sp³-hybridized carbons (Fsp3) is 0.238. The van der Waals surface area contributed by atoms with Gasteiger partial charge in [-0.2, -0.15) is 5.10 Å². The molecule has 1 N–H and O–H groups in total. The molecule has 2 aromatic carbocycles. The summed E-state index contributed by atoms with van der Waals surface area (Å²) in [5.41, 5.74) is 5.06. The summed E-state index contributed by atoms with van der Waals surface area (Å²) < 4.78 is 12.5. The number of carbonyl (C=O) groups excluding carboxylic acids is 1. The topological polar surface area (TPSA) is 65.4 Å². The van der Waals surface area contributed by atoms with Gasteiger partial charge in [0.15, 0.2) is 0 Å². The smallest absolute Gasteiger partial charge is 0.263 e. The average molecular weight is 365 g/mol. The standard InChI is InChI=1S/C21H23N3O3/c1-13-9-10-14(2)17(11-13)24-15(3)16(12-22-24)23-21(25)20-18(26-4)7-6-8-19(20)27-5/h6-12H,1-5H3,(H,23,25). The Morgan fingerprint density at radius 1 is 1.04 bits per heavy atom. The number of ether oxygens (including phenoxy) is 2. The molecule has 0 aliphatic heterocycles.